The molecule has 2 heterocycles. The van der Waals surface area contributed by atoms with E-state index in [1.165, 1.54) is 5.56 Å². The minimum absolute atomic E-state index is 0.151. The lowest BCUT2D eigenvalue weighted by Crippen LogP contribution is -2.49. The first-order chi connectivity index (χ1) is 10.3. The van der Waals surface area contributed by atoms with Gasteiger partial charge in [0.2, 0.25) is 5.91 Å². The van der Waals surface area contributed by atoms with Gasteiger partial charge in [0.15, 0.2) is 0 Å². The van der Waals surface area contributed by atoms with Gasteiger partial charge in [-0.1, -0.05) is 30.3 Å². The molecule has 2 aromatic rings. The standard InChI is InChI=1S/C16H20N4O/c21-16(14-20-8-4-7-17-20)19-11-9-18(10-12-19)13-15-5-2-1-3-6-15/h1-8H,9-14H2. The second-order valence-electron chi connectivity index (χ2n) is 5.35. The van der Waals surface area contributed by atoms with Crippen molar-refractivity contribution >= 4 is 5.91 Å². The van der Waals surface area contributed by atoms with E-state index >= 15 is 0 Å². The van der Waals surface area contributed by atoms with E-state index in [4.69, 9.17) is 0 Å². The second-order valence-corrected chi connectivity index (χ2v) is 5.35. The lowest BCUT2D eigenvalue weighted by Gasteiger charge is -2.34. The summed E-state index contributed by atoms with van der Waals surface area (Å²) in [4.78, 5) is 16.5. The molecule has 0 spiro atoms. The largest absolute Gasteiger partial charge is 0.339 e. The highest BCUT2D eigenvalue weighted by Gasteiger charge is 2.21. The van der Waals surface area contributed by atoms with Gasteiger partial charge in [-0.25, -0.2) is 0 Å². The Hall–Kier alpha value is -2.14. The van der Waals surface area contributed by atoms with Crippen molar-refractivity contribution in [1.82, 2.24) is 19.6 Å². The summed E-state index contributed by atoms with van der Waals surface area (Å²) in [6, 6.07) is 12.3. The van der Waals surface area contributed by atoms with Crippen LogP contribution in [0.4, 0.5) is 0 Å². The quantitative estimate of drug-likeness (QED) is 0.848. The van der Waals surface area contributed by atoms with Crippen molar-refractivity contribution in [3.05, 3.63) is 54.4 Å². The number of amides is 1. The molecule has 5 nitrogen and oxygen atoms in total. The topological polar surface area (TPSA) is 41.4 Å². The predicted molar refractivity (Wildman–Crippen MR) is 80.5 cm³/mol. The van der Waals surface area contributed by atoms with Gasteiger partial charge in [0, 0.05) is 45.1 Å². The Morgan fingerprint density at radius 1 is 1.05 bits per heavy atom. The number of hydrogen-bond acceptors (Lipinski definition) is 3. The van der Waals surface area contributed by atoms with E-state index < -0.39 is 0 Å². The monoisotopic (exact) mass is 284 g/mol. The van der Waals surface area contributed by atoms with Crippen LogP contribution in [0.1, 0.15) is 5.56 Å². The molecule has 0 atom stereocenters. The molecule has 21 heavy (non-hydrogen) atoms. The van der Waals surface area contributed by atoms with Crippen LogP contribution < -0.4 is 0 Å². The molecule has 1 amide bonds. The number of rotatable bonds is 4. The van der Waals surface area contributed by atoms with Crippen molar-refractivity contribution in [3.63, 3.8) is 0 Å². The average molecular weight is 284 g/mol. The van der Waals surface area contributed by atoms with Gasteiger partial charge in [0.05, 0.1) is 0 Å². The molecular formula is C16H20N4O. The third kappa shape index (κ3) is 3.70. The van der Waals surface area contributed by atoms with Crippen LogP contribution in [0.3, 0.4) is 0 Å². The Morgan fingerprint density at radius 2 is 1.81 bits per heavy atom. The summed E-state index contributed by atoms with van der Waals surface area (Å²) in [6.45, 7) is 4.76. The number of carbonyl (C=O) groups excluding carboxylic acids is 1. The Kier molecular flexibility index (Phi) is 4.31. The number of carbonyl (C=O) groups is 1. The summed E-state index contributed by atoms with van der Waals surface area (Å²) in [5.41, 5.74) is 1.33. The Morgan fingerprint density at radius 3 is 2.48 bits per heavy atom. The zero-order valence-corrected chi connectivity index (χ0v) is 12.1. The number of hydrogen-bond donors (Lipinski definition) is 0. The molecule has 0 bridgehead atoms. The highest BCUT2D eigenvalue weighted by atomic mass is 16.2. The molecule has 0 N–H and O–H groups in total. The summed E-state index contributed by atoms with van der Waals surface area (Å²) in [6.07, 6.45) is 3.52. The summed E-state index contributed by atoms with van der Waals surface area (Å²) < 4.78 is 1.68. The number of benzene rings is 1. The van der Waals surface area contributed by atoms with Crippen LogP contribution in [0.15, 0.2) is 48.8 Å². The zero-order valence-electron chi connectivity index (χ0n) is 12.1. The van der Waals surface area contributed by atoms with E-state index in [9.17, 15) is 4.79 Å². The summed E-state index contributed by atoms with van der Waals surface area (Å²) in [7, 11) is 0. The molecule has 0 radical (unpaired) electrons. The van der Waals surface area contributed by atoms with Crippen molar-refractivity contribution in [3.8, 4) is 0 Å². The fourth-order valence-electron chi connectivity index (χ4n) is 2.63. The van der Waals surface area contributed by atoms with E-state index in [0.717, 1.165) is 32.7 Å². The van der Waals surface area contributed by atoms with Crippen molar-refractivity contribution in [2.24, 2.45) is 0 Å². The fourth-order valence-corrected chi connectivity index (χ4v) is 2.63. The van der Waals surface area contributed by atoms with Gasteiger partial charge in [-0.15, -0.1) is 0 Å². The Labute approximate surface area is 124 Å². The molecule has 110 valence electrons. The first kappa shape index (κ1) is 13.8. The lowest BCUT2D eigenvalue weighted by molar-refractivity contribution is -0.133. The molecular weight excluding hydrogens is 264 g/mol. The molecule has 0 aliphatic carbocycles. The van der Waals surface area contributed by atoms with Crippen LogP contribution >= 0.6 is 0 Å². The predicted octanol–water partition coefficient (Wildman–Crippen LogP) is 1.23. The second kappa shape index (κ2) is 6.54. The Bertz CT molecular complexity index is 559. The van der Waals surface area contributed by atoms with Gasteiger partial charge < -0.3 is 4.90 Å². The van der Waals surface area contributed by atoms with Crippen LogP contribution in [0, 0.1) is 0 Å². The van der Waals surface area contributed by atoms with Crippen LogP contribution in [0.5, 0.6) is 0 Å². The lowest BCUT2D eigenvalue weighted by atomic mass is 10.2. The average Bonchev–Trinajstić information content (AvgIpc) is 3.02. The van der Waals surface area contributed by atoms with Crippen molar-refractivity contribution in [2.75, 3.05) is 26.2 Å². The highest BCUT2D eigenvalue weighted by Crippen LogP contribution is 2.08. The van der Waals surface area contributed by atoms with Gasteiger partial charge in [0.25, 0.3) is 0 Å². The van der Waals surface area contributed by atoms with Crippen LogP contribution in [0.2, 0.25) is 0 Å². The fraction of sp³-hybridized carbons (Fsp3) is 0.375. The van der Waals surface area contributed by atoms with Gasteiger partial charge >= 0.3 is 0 Å². The van der Waals surface area contributed by atoms with Crippen LogP contribution in [-0.4, -0.2) is 51.7 Å². The molecule has 3 rings (SSSR count). The maximum atomic E-state index is 12.2. The van der Waals surface area contributed by atoms with Gasteiger partial charge in [-0.3, -0.25) is 14.4 Å². The third-order valence-corrected chi connectivity index (χ3v) is 3.83. The van der Waals surface area contributed by atoms with Crippen LogP contribution in [0.25, 0.3) is 0 Å². The molecule has 1 aliphatic heterocycles. The molecule has 1 aromatic heterocycles. The van der Waals surface area contributed by atoms with E-state index in [1.807, 2.05) is 23.2 Å². The van der Waals surface area contributed by atoms with E-state index in [1.54, 1.807) is 10.9 Å². The minimum atomic E-state index is 0.151. The third-order valence-electron chi connectivity index (χ3n) is 3.83. The van der Waals surface area contributed by atoms with E-state index in [-0.39, 0.29) is 5.91 Å². The van der Waals surface area contributed by atoms with Gasteiger partial charge in [0.1, 0.15) is 6.54 Å². The summed E-state index contributed by atoms with van der Waals surface area (Å²) >= 11 is 0. The normalized spacial score (nSPS) is 16.1. The number of piperazine rings is 1. The SMILES string of the molecule is O=C(Cn1cccn1)N1CCN(Cc2ccccc2)CC1. The molecule has 1 aromatic carbocycles. The molecule has 5 heteroatoms. The summed E-state index contributed by atoms with van der Waals surface area (Å²) in [5.74, 6) is 0.151. The Balaban J connectivity index is 1.47. The summed E-state index contributed by atoms with van der Waals surface area (Å²) in [5, 5.41) is 4.08. The first-order valence-electron chi connectivity index (χ1n) is 7.33. The van der Waals surface area contributed by atoms with Crippen LogP contribution in [-0.2, 0) is 17.9 Å². The van der Waals surface area contributed by atoms with E-state index in [0.29, 0.717) is 6.54 Å². The smallest absolute Gasteiger partial charge is 0.244 e. The van der Waals surface area contributed by atoms with Gasteiger partial charge in [-0.05, 0) is 11.6 Å². The zero-order chi connectivity index (χ0) is 14.5. The van der Waals surface area contributed by atoms with Crippen molar-refractivity contribution < 1.29 is 4.79 Å². The molecule has 1 saturated heterocycles. The van der Waals surface area contributed by atoms with Crippen molar-refractivity contribution in [1.29, 1.82) is 0 Å². The van der Waals surface area contributed by atoms with Gasteiger partial charge in [-0.2, -0.15) is 5.10 Å². The molecule has 0 unspecified atom stereocenters. The molecule has 1 fully saturated rings. The minimum Gasteiger partial charge on any atom is -0.339 e. The molecule has 0 saturated carbocycles. The molecule has 1 aliphatic rings. The maximum absolute atomic E-state index is 12.2. The first-order valence-corrected chi connectivity index (χ1v) is 7.33. The number of aromatic nitrogens is 2. The number of nitrogens with zero attached hydrogens (tertiary/aromatic N) is 4. The maximum Gasteiger partial charge on any atom is 0.244 e. The van der Waals surface area contributed by atoms with Crippen molar-refractivity contribution in [2.45, 2.75) is 13.1 Å². The highest BCUT2D eigenvalue weighted by molar-refractivity contribution is 5.76. The van der Waals surface area contributed by atoms with E-state index in [2.05, 4.69) is 34.3 Å².